The number of halogens is 6. The van der Waals surface area contributed by atoms with Crippen LogP contribution in [0, 0.1) is 0 Å². The third kappa shape index (κ3) is 4.40. The van der Waals surface area contributed by atoms with Gasteiger partial charge in [-0.15, -0.1) is 0 Å². The molecule has 166 valence electrons. The maximum atomic E-state index is 14.1. The molecule has 0 bridgehead atoms. The lowest BCUT2D eigenvalue weighted by molar-refractivity contribution is -0.248. The number of fused-ring (bicyclic) bond motifs is 1. The Hall–Kier alpha value is -2.97. The molecule has 0 fully saturated rings. The summed E-state index contributed by atoms with van der Waals surface area (Å²) in [5.74, 6) is -0.673. The first-order chi connectivity index (χ1) is 14.4. The number of hydrogen-bond donors (Lipinski definition) is 0. The number of benzene rings is 2. The Morgan fingerprint density at radius 2 is 1.84 bits per heavy atom. The molecule has 0 aliphatic carbocycles. The van der Waals surface area contributed by atoms with Gasteiger partial charge in [0.25, 0.3) is 0 Å². The van der Waals surface area contributed by atoms with Crippen LogP contribution < -0.4 is 4.74 Å². The van der Waals surface area contributed by atoms with E-state index >= 15 is 0 Å². The molecule has 0 saturated heterocycles. The van der Waals surface area contributed by atoms with E-state index in [-0.39, 0.29) is 17.9 Å². The molecule has 0 saturated carbocycles. The molecule has 1 heterocycles. The highest BCUT2D eigenvalue weighted by Gasteiger charge is 2.61. The van der Waals surface area contributed by atoms with Crippen molar-refractivity contribution in [3.05, 3.63) is 70.8 Å². The number of allylic oxidation sites excluding steroid dienone is 1. The van der Waals surface area contributed by atoms with Crippen molar-refractivity contribution in [2.24, 2.45) is 0 Å². The van der Waals surface area contributed by atoms with Gasteiger partial charge >= 0.3 is 18.3 Å². The molecule has 0 N–H and O–H groups in total. The summed E-state index contributed by atoms with van der Waals surface area (Å²) in [6.45, 7) is 3.41. The standard InChI is InChI=1S/C22H18F6O3/c1-3-30-19(29)9-13(2)14-7-8-18-15(10-14)12-20(31-18,22(26,27)28)16-5-4-6-17(11-16)21(23,24)25/h4-11H,3,12H2,1-2H3/b13-9+. The minimum Gasteiger partial charge on any atom is -0.472 e. The number of hydrogen-bond acceptors (Lipinski definition) is 3. The van der Waals surface area contributed by atoms with E-state index in [2.05, 4.69) is 0 Å². The van der Waals surface area contributed by atoms with E-state index in [1.807, 2.05) is 0 Å². The van der Waals surface area contributed by atoms with Gasteiger partial charge in [-0.1, -0.05) is 18.2 Å². The van der Waals surface area contributed by atoms with Gasteiger partial charge in [0.2, 0.25) is 5.60 Å². The van der Waals surface area contributed by atoms with Gasteiger partial charge in [0.1, 0.15) is 5.75 Å². The van der Waals surface area contributed by atoms with E-state index in [4.69, 9.17) is 9.47 Å². The zero-order valence-electron chi connectivity index (χ0n) is 16.5. The maximum Gasteiger partial charge on any atom is 0.432 e. The second kappa shape index (κ2) is 7.94. The number of ether oxygens (including phenoxy) is 2. The summed E-state index contributed by atoms with van der Waals surface area (Å²) in [5.41, 5.74) is -3.67. The largest absolute Gasteiger partial charge is 0.472 e. The lowest BCUT2D eigenvalue weighted by Crippen LogP contribution is -2.46. The third-order valence-electron chi connectivity index (χ3n) is 4.97. The van der Waals surface area contributed by atoms with Crippen LogP contribution in [0.1, 0.15) is 36.1 Å². The van der Waals surface area contributed by atoms with Crippen molar-refractivity contribution >= 4 is 11.5 Å². The second-order valence-electron chi connectivity index (χ2n) is 7.08. The molecule has 2 aromatic rings. The second-order valence-corrected chi connectivity index (χ2v) is 7.08. The maximum absolute atomic E-state index is 14.1. The van der Waals surface area contributed by atoms with Gasteiger partial charge in [-0.2, -0.15) is 26.3 Å². The number of alkyl halides is 6. The zero-order valence-corrected chi connectivity index (χ0v) is 16.5. The van der Waals surface area contributed by atoms with Crippen molar-refractivity contribution in [1.29, 1.82) is 0 Å². The minimum absolute atomic E-state index is 0.0811. The van der Waals surface area contributed by atoms with Crippen LogP contribution >= 0.6 is 0 Å². The van der Waals surface area contributed by atoms with Crippen LogP contribution in [0.5, 0.6) is 5.75 Å². The molecule has 2 aromatic carbocycles. The smallest absolute Gasteiger partial charge is 0.432 e. The van der Waals surface area contributed by atoms with Crippen molar-refractivity contribution in [3.63, 3.8) is 0 Å². The Morgan fingerprint density at radius 1 is 1.13 bits per heavy atom. The van der Waals surface area contributed by atoms with E-state index < -0.39 is 41.5 Å². The first kappa shape index (κ1) is 22.7. The van der Waals surface area contributed by atoms with Crippen LogP contribution in [0.25, 0.3) is 5.57 Å². The van der Waals surface area contributed by atoms with Crippen molar-refractivity contribution in [1.82, 2.24) is 0 Å². The molecule has 0 radical (unpaired) electrons. The molecule has 0 spiro atoms. The van der Waals surface area contributed by atoms with E-state index in [0.29, 0.717) is 23.3 Å². The van der Waals surface area contributed by atoms with Crippen LogP contribution in [-0.4, -0.2) is 18.8 Å². The Balaban J connectivity index is 2.03. The van der Waals surface area contributed by atoms with Crippen molar-refractivity contribution in [3.8, 4) is 5.75 Å². The summed E-state index contributed by atoms with van der Waals surface area (Å²) in [6.07, 6.45) is -9.26. The number of carbonyl (C=O) groups is 1. The fourth-order valence-electron chi connectivity index (χ4n) is 3.43. The van der Waals surface area contributed by atoms with Gasteiger partial charge in [-0.25, -0.2) is 4.79 Å². The fraction of sp³-hybridized carbons (Fsp3) is 0.318. The Kier molecular flexibility index (Phi) is 5.82. The van der Waals surface area contributed by atoms with Crippen molar-refractivity contribution in [2.75, 3.05) is 6.61 Å². The van der Waals surface area contributed by atoms with E-state index in [9.17, 15) is 31.1 Å². The molecule has 0 amide bonds. The number of carbonyl (C=O) groups excluding carboxylic acids is 1. The number of esters is 1. The van der Waals surface area contributed by atoms with E-state index in [1.165, 1.54) is 24.3 Å². The van der Waals surface area contributed by atoms with Crippen LogP contribution in [0.4, 0.5) is 26.3 Å². The van der Waals surface area contributed by atoms with Crippen molar-refractivity contribution < 1.29 is 40.6 Å². The van der Waals surface area contributed by atoms with Gasteiger partial charge in [0.15, 0.2) is 0 Å². The Morgan fingerprint density at radius 3 is 2.45 bits per heavy atom. The highest BCUT2D eigenvalue weighted by Crippen LogP contribution is 2.51. The highest BCUT2D eigenvalue weighted by molar-refractivity contribution is 5.91. The Bertz CT molecular complexity index is 1020. The fourth-order valence-corrected chi connectivity index (χ4v) is 3.43. The van der Waals surface area contributed by atoms with Crippen LogP contribution in [-0.2, 0) is 27.7 Å². The summed E-state index contributed by atoms with van der Waals surface area (Å²) in [6, 6.07) is 7.29. The average Bonchev–Trinajstić information content (AvgIpc) is 3.07. The summed E-state index contributed by atoms with van der Waals surface area (Å²) in [5, 5.41) is 0. The Labute approximate surface area is 174 Å². The highest BCUT2D eigenvalue weighted by atomic mass is 19.4. The van der Waals surface area contributed by atoms with E-state index in [1.54, 1.807) is 13.8 Å². The molecule has 31 heavy (non-hydrogen) atoms. The number of rotatable bonds is 4. The van der Waals surface area contributed by atoms with E-state index in [0.717, 1.165) is 12.1 Å². The minimum atomic E-state index is -4.98. The topological polar surface area (TPSA) is 35.5 Å². The third-order valence-corrected chi connectivity index (χ3v) is 4.97. The SMILES string of the molecule is CCOC(=O)/C=C(\C)c1ccc2c(c1)CC(c1cccc(C(F)(F)F)c1)(C(F)(F)F)O2. The molecular formula is C22H18F6O3. The van der Waals surface area contributed by atoms with Gasteiger partial charge in [-0.05, 0) is 54.8 Å². The molecular weight excluding hydrogens is 426 g/mol. The molecule has 1 unspecified atom stereocenters. The molecule has 3 rings (SSSR count). The molecule has 9 heteroatoms. The normalized spacial score (nSPS) is 19.0. The van der Waals surface area contributed by atoms with Gasteiger partial charge < -0.3 is 9.47 Å². The summed E-state index contributed by atoms with van der Waals surface area (Å²) >= 11 is 0. The quantitative estimate of drug-likeness (QED) is 0.327. The zero-order chi connectivity index (χ0) is 23.0. The van der Waals surface area contributed by atoms with Gasteiger partial charge in [0.05, 0.1) is 12.2 Å². The summed E-state index contributed by atoms with van der Waals surface area (Å²) < 4.78 is 91.7. The van der Waals surface area contributed by atoms with Crippen LogP contribution in [0.15, 0.2) is 48.5 Å². The van der Waals surface area contributed by atoms with Crippen LogP contribution in [0.2, 0.25) is 0 Å². The van der Waals surface area contributed by atoms with Gasteiger partial charge in [0, 0.05) is 18.1 Å². The average molecular weight is 444 g/mol. The van der Waals surface area contributed by atoms with Crippen LogP contribution in [0.3, 0.4) is 0 Å². The molecule has 0 aromatic heterocycles. The summed E-state index contributed by atoms with van der Waals surface area (Å²) in [7, 11) is 0. The summed E-state index contributed by atoms with van der Waals surface area (Å²) in [4.78, 5) is 11.6. The lowest BCUT2D eigenvalue weighted by atomic mass is 9.87. The lowest BCUT2D eigenvalue weighted by Gasteiger charge is -2.32. The monoisotopic (exact) mass is 444 g/mol. The molecule has 3 nitrogen and oxygen atoms in total. The van der Waals surface area contributed by atoms with Gasteiger partial charge in [-0.3, -0.25) is 0 Å². The molecule has 1 atom stereocenters. The first-order valence-electron chi connectivity index (χ1n) is 9.29. The predicted molar refractivity (Wildman–Crippen MR) is 100 cm³/mol. The molecule has 1 aliphatic rings. The van der Waals surface area contributed by atoms with Crippen molar-refractivity contribution in [2.45, 2.75) is 38.2 Å². The first-order valence-corrected chi connectivity index (χ1v) is 9.29. The predicted octanol–water partition coefficient (Wildman–Crippen LogP) is 6.06. The molecule has 1 aliphatic heterocycles.